The number of benzene rings is 1. The summed E-state index contributed by atoms with van der Waals surface area (Å²) in [6, 6.07) is 5.55. The highest BCUT2D eigenvalue weighted by Gasteiger charge is 2.32. The van der Waals surface area contributed by atoms with E-state index < -0.39 is 6.09 Å². The highest BCUT2D eigenvalue weighted by molar-refractivity contribution is 6.28. The molecule has 0 bridgehead atoms. The summed E-state index contributed by atoms with van der Waals surface area (Å²) in [6.45, 7) is 2.42. The van der Waals surface area contributed by atoms with Gasteiger partial charge in [0.25, 0.3) is 0 Å². The topological polar surface area (TPSA) is 123 Å². The molecular formula is C21H26ClN5O4. The van der Waals surface area contributed by atoms with E-state index in [9.17, 15) is 9.59 Å². The van der Waals surface area contributed by atoms with Gasteiger partial charge in [-0.2, -0.15) is 0 Å². The summed E-state index contributed by atoms with van der Waals surface area (Å²) < 4.78 is 10.1. The van der Waals surface area contributed by atoms with Gasteiger partial charge in [0, 0.05) is 23.2 Å². The lowest BCUT2D eigenvalue weighted by Gasteiger charge is -2.23. The second kappa shape index (κ2) is 10.3. The van der Waals surface area contributed by atoms with Crippen molar-refractivity contribution in [3.8, 4) is 17.0 Å². The van der Waals surface area contributed by atoms with Crippen LogP contribution in [0.5, 0.6) is 5.75 Å². The zero-order chi connectivity index (χ0) is 22.4. The number of amides is 2. The Hall–Kier alpha value is -3.04. The molecule has 0 radical (unpaired) electrons. The predicted octanol–water partition coefficient (Wildman–Crippen LogP) is 2.99. The van der Waals surface area contributed by atoms with Gasteiger partial charge in [0.15, 0.2) is 0 Å². The van der Waals surface area contributed by atoms with Gasteiger partial charge in [-0.3, -0.25) is 10.5 Å². The molecule has 0 saturated carbocycles. The largest absolute Gasteiger partial charge is 0.478 e. The number of ether oxygens (including phenoxy) is 2. The van der Waals surface area contributed by atoms with E-state index in [4.69, 9.17) is 22.1 Å². The molecule has 10 heteroatoms. The van der Waals surface area contributed by atoms with Crippen molar-refractivity contribution < 1.29 is 19.1 Å². The second-order valence-electron chi connectivity index (χ2n) is 7.09. The van der Waals surface area contributed by atoms with Crippen LogP contribution in [-0.2, 0) is 9.53 Å². The molecule has 166 valence electrons. The number of nitrogens with two attached hydrogens (primary N) is 1. The number of halogens is 1. The minimum absolute atomic E-state index is 0.0407. The van der Waals surface area contributed by atoms with Crippen LogP contribution in [0.3, 0.4) is 0 Å². The summed E-state index contributed by atoms with van der Waals surface area (Å²) in [5.41, 5.74) is 10.5. The average molecular weight is 448 g/mol. The summed E-state index contributed by atoms with van der Waals surface area (Å²) in [5.74, 6) is 1.13. The molecule has 0 aliphatic carbocycles. The maximum absolute atomic E-state index is 12.5. The molecule has 9 nitrogen and oxygen atoms in total. The Balaban J connectivity index is 1.80. The SMILES string of the molecule is COC(=O)NCC(=O)N1CCCC1c1ncc(-c2ccc(/C(C)=C\Cl)c(OCN)c2)[nH]1. The third kappa shape index (κ3) is 5.18. The minimum atomic E-state index is -0.637. The summed E-state index contributed by atoms with van der Waals surface area (Å²) in [7, 11) is 1.26. The molecule has 1 aliphatic rings. The number of hydrogen-bond acceptors (Lipinski definition) is 6. The number of aromatic nitrogens is 2. The molecule has 1 aromatic heterocycles. The third-order valence-corrected chi connectivity index (χ3v) is 5.50. The molecule has 31 heavy (non-hydrogen) atoms. The van der Waals surface area contributed by atoms with Gasteiger partial charge in [0.05, 0.1) is 25.0 Å². The van der Waals surface area contributed by atoms with Crippen LogP contribution in [0.1, 0.15) is 37.2 Å². The number of nitrogens with zero attached hydrogens (tertiary/aromatic N) is 2. The van der Waals surface area contributed by atoms with Crippen molar-refractivity contribution in [2.24, 2.45) is 5.73 Å². The molecule has 2 amide bonds. The van der Waals surface area contributed by atoms with Gasteiger partial charge in [-0.25, -0.2) is 9.78 Å². The summed E-state index contributed by atoms with van der Waals surface area (Å²) >= 11 is 5.85. The number of aromatic amines is 1. The molecule has 3 rings (SSSR count). The van der Waals surface area contributed by atoms with Crippen molar-refractivity contribution in [3.05, 3.63) is 41.3 Å². The van der Waals surface area contributed by atoms with E-state index in [1.807, 2.05) is 25.1 Å². The monoisotopic (exact) mass is 447 g/mol. The van der Waals surface area contributed by atoms with E-state index in [0.29, 0.717) is 18.1 Å². The molecule has 0 spiro atoms. The van der Waals surface area contributed by atoms with Crippen LogP contribution in [0.15, 0.2) is 29.9 Å². The van der Waals surface area contributed by atoms with Gasteiger partial charge < -0.3 is 24.7 Å². The van der Waals surface area contributed by atoms with Crippen LogP contribution in [0.4, 0.5) is 4.79 Å². The number of allylic oxidation sites excluding steroid dienone is 1. The fourth-order valence-electron chi connectivity index (χ4n) is 3.61. The third-order valence-electron chi connectivity index (χ3n) is 5.17. The Kier molecular flexibility index (Phi) is 7.54. The lowest BCUT2D eigenvalue weighted by atomic mass is 10.0. The molecule has 1 unspecified atom stereocenters. The first-order chi connectivity index (χ1) is 15.0. The van der Waals surface area contributed by atoms with Gasteiger partial charge >= 0.3 is 6.09 Å². The Bertz CT molecular complexity index is 974. The standard InChI is InChI=1S/C21H26ClN5O4/c1-13(9-22)15-6-5-14(8-18(15)31-12-23)16-10-24-20(26-16)17-4-3-7-27(17)19(28)11-25-21(29)30-2/h5-6,8-10,17H,3-4,7,11-12,23H2,1-2H3,(H,24,26)(H,25,29)/b13-9-. The first-order valence-corrected chi connectivity index (χ1v) is 10.3. The van der Waals surface area contributed by atoms with Crippen molar-refractivity contribution in [1.29, 1.82) is 0 Å². The van der Waals surface area contributed by atoms with Gasteiger partial charge in [-0.15, -0.1) is 0 Å². The fourth-order valence-corrected chi connectivity index (χ4v) is 3.72. The summed E-state index contributed by atoms with van der Waals surface area (Å²) in [4.78, 5) is 33.3. The van der Waals surface area contributed by atoms with Crippen LogP contribution in [0.25, 0.3) is 16.8 Å². The van der Waals surface area contributed by atoms with E-state index in [-0.39, 0.29) is 25.2 Å². The number of alkyl carbamates (subject to hydrolysis) is 1. The van der Waals surface area contributed by atoms with Crippen molar-refractivity contribution in [1.82, 2.24) is 20.2 Å². The zero-order valence-electron chi connectivity index (χ0n) is 17.5. The molecule has 2 heterocycles. The van der Waals surface area contributed by atoms with E-state index >= 15 is 0 Å². The van der Waals surface area contributed by atoms with Gasteiger partial charge in [-0.1, -0.05) is 23.7 Å². The van der Waals surface area contributed by atoms with Crippen molar-refractivity contribution in [3.63, 3.8) is 0 Å². The number of hydrogen-bond donors (Lipinski definition) is 3. The highest BCUT2D eigenvalue weighted by Crippen LogP contribution is 2.34. The summed E-state index contributed by atoms with van der Waals surface area (Å²) in [6.07, 6.45) is 2.74. The van der Waals surface area contributed by atoms with E-state index in [1.54, 1.807) is 11.1 Å². The molecule has 2 aromatic rings. The van der Waals surface area contributed by atoms with E-state index in [1.165, 1.54) is 12.6 Å². The number of nitrogens with one attached hydrogen (secondary N) is 2. The molecule has 1 fully saturated rings. The summed E-state index contributed by atoms with van der Waals surface area (Å²) in [5, 5.41) is 2.43. The predicted molar refractivity (Wildman–Crippen MR) is 117 cm³/mol. The molecule has 1 aromatic carbocycles. The van der Waals surface area contributed by atoms with Crippen LogP contribution >= 0.6 is 11.6 Å². The number of methoxy groups -OCH3 is 1. The van der Waals surface area contributed by atoms with Crippen molar-refractivity contribution >= 4 is 29.2 Å². The zero-order valence-corrected chi connectivity index (χ0v) is 18.2. The lowest BCUT2D eigenvalue weighted by molar-refractivity contribution is -0.131. The molecule has 1 atom stereocenters. The number of H-pyrrole nitrogens is 1. The van der Waals surface area contributed by atoms with Crippen LogP contribution < -0.4 is 15.8 Å². The van der Waals surface area contributed by atoms with Gasteiger partial charge in [0.2, 0.25) is 5.91 Å². The maximum atomic E-state index is 12.5. The average Bonchev–Trinajstić information content (AvgIpc) is 3.46. The highest BCUT2D eigenvalue weighted by atomic mass is 35.5. The second-order valence-corrected chi connectivity index (χ2v) is 7.30. The Labute approximate surface area is 185 Å². The maximum Gasteiger partial charge on any atom is 0.407 e. The first kappa shape index (κ1) is 22.6. The quantitative estimate of drug-likeness (QED) is 0.561. The van der Waals surface area contributed by atoms with Crippen molar-refractivity contribution in [2.75, 3.05) is 26.9 Å². The Morgan fingerprint density at radius 1 is 1.45 bits per heavy atom. The number of likely N-dealkylation sites (tertiary alicyclic amines) is 1. The van der Waals surface area contributed by atoms with Crippen LogP contribution in [0.2, 0.25) is 0 Å². The first-order valence-electron chi connectivity index (χ1n) is 9.89. The lowest BCUT2D eigenvalue weighted by Crippen LogP contribution is -2.40. The van der Waals surface area contributed by atoms with Crippen LogP contribution in [0, 0.1) is 0 Å². The molecule has 1 saturated heterocycles. The van der Waals surface area contributed by atoms with Gasteiger partial charge in [0.1, 0.15) is 24.8 Å². The van der Waals surface area contributed by atoms with Crippen molar-refractivity contribution in [2.45, 2.75) is 25.8 Å². The molecule has 4 N–H and O–H groups in total. The number of imidazole rings is 1. The molecule has 1 aliphatic heterocycles. The normalized spacial score (nSPS) is 16.3. The molecular weight excluding hydrogens is 422 g/mol. The minimum Gasteiger partial charge on any atom is -0.478 e. The number of carbonyl (C=O) groups excluding carboxylic acids is 2. The van der Waals surface area contributed by atoms with Gasteiger partial charge in [-0.05, 0) is 31.4 Å². The fraction of sp³-hybridized carbons (Fsp3) is 0.381. The van der Waals surface area contributed by atoms with E-state index in [0.717, 1.165) is 35.2 Å². The van der Waals surface area contributed by atoms with E-state index in [2.05, 4.69) is 20.0 Å². The van der Waals surface area contributed by atoms with Crippen LogP contribution in [-0.4, -0.2) is 53.8 Å². The Morgan fingerprint density at radius 2 is 2.26 bits per heavy atom. The smallest absolute Gasteiger partial charge is 0.407 e. The Morgan fingerprint density at radius 3 is 2.97 bits per heavy atom. The number of carbonyl (C=O) groups is 2. The number of rotatable bonds is 7.